The number of rotatable bonds is 9. The van der Waals surface area contributed by atoms with Crippen molar-refractivity contribution >= 4 is 51.2 Å². The summed E-state index contributed by atoms with van der Waals surface area (Å²) in [6.45, 7) is 0. The minimum atomic E-state index is 1.06. The van der Waals surface area contributed by atoms with Gasteiger partial charge < -0.3 is 14.7 Å². The molecule has 216 valence electrons. The average molecular weight is 580 g/mol. The molecule has 3 heteroatoms. The Hall–Kier alpha value is -6.06. The Balaban J connectivity index is 1.49. The third-order valence-electron chi connectivity index (χ3n) is 7.80. The zero-order valence-corrected chi connectivity index (χ0v) is 24.9. The summed E-state index contributed by atoms with van der Waals surface area (Å²) in [5, 5.41) is 0. The topological polar surface area (TPSA) is 9.72 Å². The van der Waals surface area contributed by atoms with Crippen LogP contribution in [0.3, 0.4) is 0 Å². The molecule has 0 aliphatic heterocycles. The van der Waals surface area contributed by atoms with E-state index in [1.165, 1.54) is 0 Å². The van der Waals surface area contributed by atoms with E-state index in [2.05, 4.69) is 215 Å². The molecule has 7 aromatic rings. The summed E-state index contributed by atoms with van der Waals surface area (Å²) in [7, 11) is 0. The van der Waals surface area contributed by atoms with E-state index in [0.717, 1.165) is 51.2 Å². The molecule has 0 unspecified atom stereocenters. The van der Waals surface area contributed by atoms with Gasteiger partial charge in [-0.25, -0.2) is 0 Å². The fourth-order valence-electron chi connectivity index (χ4n) is 5.83. The van der Waals surface area contributed by atoms with Crippen LogP contribution in [0.5, 0.6) is 0 Å². The summed E-state index contributed by atoms with van der Waals surface area (Å²) in [6.07, 6.45) is 0. The lowest BCUT2D eigenvalue weighted by atomic mass is 10.1. The van der Waals surface area contributed by atoms with Gasteiger partial charge in [-0.05, 0) is 84.9 Å². The van der Waals surface area contributed by atoms with Gasteiger partial charge in [0, 0.05) is 28.4 Å². The molecule has 0 saturated carbocycles. The predicted molar refractivity (Wildman–Crippen MR) is 190 cm³/mol. The van der Waals surface area contributed by atoms with Crippen LogP contribution in [0.1, 0.15) is 0 Å². The van der Waals surface area contributed by atoms with Crippen LogP contribution < -0.4 is 14.7 Å². The molecule has 45 heavy (non-hydrogen) atoms. The van der Waals surface area contributed by atoms with Gasteiger partial charge in [0.15, 0.2) is 0 Å². The molecule has 0 bridgehead atoms. The van der Waals surface area contributed by atoms with E-state index < -0.39 is 0 Å². The summed E-state index contributed by atoms with van der Waals surface area (Å²) in [5.41, 5.74) is 9.69. The van der Waals surface area contributed by atoms with Crippen molar-refractivity contribution in [3.05, 3.63) is 200 Å². The summed E-state index contributed by atoms with van der Waals surface area (Å²) in [5.74, 6) is 0. The lowest BCUT2D eigenvalue weighted by Gasteiger charge is -2.36. The van der Waals surface area contributed by atoms with Gasteiger partial charge in [-0.2, -0.15) is 0 Å². The molecular formula is C42H33N3. The molecule has 0 N–H and O–H groups in total. The van der Waals surface area contributed by atoms with Crippen LogP contribution in [0, 0.1) is 0 Å². The Bertz CT molecular complexity index is 1740. The third kappa shape index (κ3) is 5.80. The predicted octanol–water partition coefficient (Wildman–Crippen LogP) is 12.1. The first-order chi connectivity index (χ1) is 22.4. The van der Waals surface area contributed by atoms with E-state index in [0.29, 0.717) is 0 Å². The monoisotopic (exact) mass is 579 g/mol. The molecule has 0 radical (unpaired) electrons. The molecule has 3 nitrogen and oxygen atoms in total. The first kappa shape index (κ1) is 27.8. The van der Waals surface area contributed by atoms with Crippen molar-refractivity contribution in [1.29, 1.82) is 0 Å². The van der Waals surface area contributed by atoms with E-state index in [-0.39, 0.29) is 0 Å². The molecule has 0 atom stereocenters. The van der Waals surface area contributed by atoms with Gasteiger partial charge in [0.05, 0.1) is 22.7 Å². The Morgan fingerprint density at radius 2 is 0.356 bits per heavy atom. The van der Waals surface area contributed by atoms with Crippen LogP contribution in [0.15, 0.2) is 200 Å². The van der Waals surface area contributed by atoms with E-state index >= 15 is 0 Å². The normalized spacial score (nSPS) is 10.7. The van der Waals surface area contributed by atoms with Gasteiger partial charge in [0.25, 0.3) is 0 Å². The van der Waals surface area contributed by atoms with E-state index in [1.807, 2.05) is 0 Å². The van der Waals surface area contributed by atoms with Crippen molar-refractivity contribution < 1.29 is 0 Å². The maximum absolute atomic E-state index is 2.38. The zero-order chi connectivity index (χ0) is 30.3. The smallest absolute Gasteiger partial charge is 0.0703 e. The summed E-state index contributed by atoms with van der Waals surface area (Å²) < 4.78 is 0. The van der Waals surface area contributed by atoms with E-state index in [1.54, 1.807) is 0 Å². The van der Waals surface area contributed by atoms with Crippen LogP contribution in [0.2, 0.25) is 0 Å². The molecule has 0 fully saturated rings. The highest BCUT2D eigenvalue weighted by molar-refractivity contribution is 5.96. The second-order valence-electron chi connectivity index (χ2n) is 10.7. The fraction of sp³-hybridized carbons (Fsp3) is 0. The minimum absolute atomic E-state index is 1.06. The highest BCUT2D eigenvalue weighted by Crippen LogP contribution is 2.49. The number of anilines is 9. The van der Waals surface area contributed by atoms with Crippen molar-refractivity contribution in [2.45, 2.75) is 0 Å². The van der Waals surface area contributed by atoms with Crippen molar-refractivity contribution in [2.75, 3.05) is 14.7 Å². The quantitative estimate of drug-likeness (QED) is 0.168. The molecule has 0 spiro atoms. The lowest BCUT2D eigenvalue weighted by molar-refractivity contribution is 1.20. The molecule has 7 aromatic carbocycles. The van der Waals surface area contributed by atoms with Crippen LogP contribution in [0.4, 0.5) is 51.2 Å². The van der Waals surface area contributed by atoms with Gasteiger partial charge in [-0.3, -0.25) is 0 Å². The lowest BCUT2D eigenvalue weighted by Crippen LogP contribution is -2.19. The summed E-state index contributed by atoms with van der Waals surface area (Å²) in [6, 6.07) is 70.3. The van der Waals surface area contributed by atoms with Gasteiger partial charge in [-0.15, -0.1) is 0 Å². The zero-order valence-electron chi connectivity index (χ0n) is 24.9. The number of para-hydroxylation sites is 9. The highest BCUT2D eigenvalue weighted by Gasteiger charge is 2.25. The largest absolute Gasteiger partial charge is 0.308 e. The van der Waals surface area contributed by atoms with Crippen molar-refractivity contribution in [1.82, 2.24) is 0 Å². The van der Waals surface area contributed by atoms with Gasteiger partial charge in [-0.1, -0.05) is 115 Å². The molecular weight excluding hydrogens is 546 g/mol. The molecule has 7 rings (SSSR count). The number of nitrogens with zero attached hydrogens (tertiary/aromatic N) is 3. The molecule has 0 aliphatic carbocycles. The number of hydrogen-bond acceptors (Lipinski definition) is 3. The number of hydrogen-bond donors (Lipinski definition) is 0. The third-order valence-corrected chi connectivity index (χ3v) is 7.80. The van der Waals surface area contributed by atoms with Crippen LogP contribution in [-0.2, 0) is 0 Å². The van der Waals surface area contributed by atoms with Crippen molar-refractivity contribution in [3.8, 4) is 0 Å². The minimum Gasteiger partial charge on any atom is -0.308 e. The molecule has 0 amide bonds. The van der Waals surface area contributed by atoms with Crippen LogP contribution in [0.25, 0.3) is 0 Å². The summed E-state index contributed by atoms with van der Waals surface area (Å²) in [4.78, 5) is 7.04. The maximum Gasteiger partial charge on any atom is 0.0703 e. The Morgan fingerprint density at radius 1 is 0.178 bits per heavy atom. The standard InChI is InChI=1S/C42H33N3/c1-6-20-34(21-7-1)43(35-22-8-2-9-23-35)39-30-16-18-32-41(39)45(38-28-14-5-15-29-38)42-33-19-17-31-40(42)44(36-24-10-3-11-25-36)37-26-12-4-13-27-37/h1-33H. The second-order valence-corrected chi connectivity index (χ2v) is 10.7. The highest BCUT2D eigenvalue weighted by atomic mass is 15.2. The first-order valence-electron chi connectivity index (χ1n) is 15.2. The second kappa shape index (κ2) is 13.1. The van der Waals surface area contributed by atoms with E-state index in [9.17, 15) is 0 Å². The number of benzene rings is 7. The maximum atomic E-state index is 2.38. The Morgan fingerprint density at radius 3 is 0.600 bits per heavy atom. The van der Waals surface area contributed by atoms with Gasteiger partial charge >= 0.3 is 0 Å². The fourth-order valence-corrected chi connectivity index (χ4v) is 5.83. The Labute approximate surface area is 265 Å². The average Bonchev–Trinajstić information content (AvgIpc) is 3.12. The van der Waals surface area contributed by atoms with Crippen molar-refractivity contribution in [3.63, 3.8) is 0 Å². The molecule has 0 aromatic heterocycles. The molecule has 0 heterocycles. The van der Waals surface area contributed by atoms with Crippen LogP contribution >= 0.6 is 0 Å². The van der Waals surface area contributed by atoms with Gasteiger partial charge in [0.1, 0.15) is 0 Å². The summed E-state index contributed by atoms with van der Waals surface area (Å²) >= 11 is 0. The van der Waals surface area contributed by atoms with Crippen molar-refractivity contribution in [2.24, 2.45) is 0 Å². The van der Waals surface area contributed by atoms with E-state index in [4.69, 9.17) is 0 Å². The van der Waals surface area contributed by atoms with Gasteiger partial charge in [0.2, 0.25) is 0 Å². The molecule has 0 saturated heterocycles. The Kier molecular flexibility index (Phi) is 8.06. The first-order valence-corrected chi connectivity index (χ1v) is 15.2. The van der Waals surface area contributed by atoms with Crippen LogP contribution in [-0.4, -0.2) is 0 Å². The SMILES string of the molecule is c1ccc(N(c2ccccc2)c2ccccc2N(c2ccccc2)c2ccccc2N(c2ccccc2)c2ccccc2)cc1. The molecule has 0 aliphatic rings.